The van der Waals surface area contributed by atoms with Gasteiger partial charge in [-0.15, -0.1) is 0 Å². The predicted molar refractivity (Wildman–Crippen MR) is 56.1 cm³/mol. The van der Waals surface area contributed by atoms with Crippen LogP contribution in [0.25, 0.3) is 0 Å². The molecular weight excluding hydrogens is 178 g/mol. The van der Waals surface area contributed by atoms with E-state index >= 15 is 0 Å². The van der Waals surface area contributed by atoms with Gasteiger partial charge in [-0.25, -0.2) is 4.98 Å². The lowest BCUT2D eigenvalue weighted by molar-refractivity contribution is 0.187. The summed E-state index contributed by atoms with van der Waals surface area (Å²) >= 11 is 0. The molecule has 4 heteroatoms. The molecule has 0 aliphatic heterocycles. The Morgan fingerprint density at radius 3 is 2.79 bits per heavy atom. The van der Waals surface area contributed by atoms with Crippen LogP contribution >= 0.6 is 0 Å². The van der Waals surface area contributed by atoms with Gasteiger partial charge in [0.25, 0.3) is 0 Å². The van der Waals surface area contributed by atoms with Gasteiger partial charge in [-0.3, -0.25) is 0 Å². The van der Waals surface area contributed by atoms with Crippen molar-refractivity contribution >= 4 is 0 Å². The summed E-state index contributed by atoms with van der Waals surface area (Å²) in [5, 5.41) is 0. The van der Waals surface area contributed by atoms with Crippen molar-refractivity contribution in [1.29, 1.82) is 0 Å². The van der Waals surface area contributed by atoms with Crippen LogP contribution in [0.2, 0.25) is 0 Å². The van der Waals surface area contributed by atoms with E-state index in [9.17, 15) is 0 Å². The Kier molecular flexibility index (Phi) is 4.10. The predicted octanol–water partition coefficient (Wildman–Crippen LogP) is 1.57. The highest BCUT2D eigenvalue weighted by Gasteiger charge is 2.10. The number of nitrogens with zero attached hydrogens (tertiary/aromatic N) is 1. The van der Waals surface area contributed by atoms with Crippen molar-refractivity contribution in [3.63, 3.8) is 0 Å². The maximum atomic E-state index is 5.92. The number of imidazole rings is 1. The zero-order valence-electron chi connectivity index (χ0n) is 9.08. The minimum Gasteiger partial charge on any atom is -0.385 e. The van der Waals surface area contributed by atoms with Crippen LogP contribution in [0.1, 0.15) is 43.7 Å². The van der Waals surface area contributed by atoms with Crippen molar-refractivity contribution < 1.29 is 4.74 Å². The van der Waals surface area contributed by atoms with Gasteiger partial charge in [-0.2, -0.15) is 0 Å². The van der Waals surface area contributed by atoms with Gasteiger partial charge in [0.2, 0.25) is 0 Å². The summed E-state index contributed by atoms with van der Waals surface area (Å²) in [5.74, 6) is 1.32. The van der Waals surface area contributed by atoms with Crippen LogP contribution in [0, 0.1) is 0 Å². The standard InChI is InChI=1S/C10H19N3O/c1-7(2)9-6-12-10(13-9)8(11)4-5-14-3/h6-8H,4-5,11H2,1-3H3,(H,12,13). The number of nitrogens with one attached hydrogen (secondary N) is 1. The number of aromatic amines is 1. The molecule has 1 rings (SSSR count). The molecule has 0 spiro atoms. The van der Waals surface area contributed by atoms with Gasteiger partial charge in [0.15, 0.2) is 0 Å². The zero-order valence-corrected chi connectivity index (χ0v) is 9.08. The second-order valence-electron chi connectivity index (χ2n) is 3.77. The van der Waals surface area contributed by atoms with Gasteiger partial charge in [0.05, 0.1) is 6.04 Å². The van der Waals surface area contributed by atoms with Crippen LogP contribution in [-0.2, 0) is 4.74 Å². The van der Waals surface area contributed by atoms with E-state index in [0.29, 0.717) is 12.5 Å². The number of ether oxygens (including phenoxy) is 1. The molecule has 1 heterocycles. The average Bonchev–Trinajstić information content (AvgIpc) is 2.62. The minimum atomic E-state index is -0.0533. The largest absolute Gasteiger partial charge is 0.385 e. The molecule has 0 bridgehead atoms. The van der Waals surface area contributed by atoms with E-state index in [1.807, 2.05) is 6.20 Å². The summed E-state index contributed by atoms with van der Waals surface area (Å²) in [5.41, 5.74) is 7.05. The first-order valence-electron chi connectivity index (χ1n) is 4.94. The Morgan fingerprint density at radius 2 is 2.29 bits per heavy atom. The van der Waals surface area contributed by atoms with Crippen molar-refractivity contribution in [3.8, 4) is 0 Å². The molecule has 1 unspecified atom stereocenters. The summed E-state index contributed by atoms with van der Waals surface area (Å²) in [7, 11) is 1.68. The minimum absolute atomic E-state index is 0.0533. The molecule has 0 saturated carbocycles. The van der Waals surface area contributed by atoms with Gasteiger partial charge >= 0.3 is 0 Å². The Morgan fingerprint density at radius 1 is 1.57 bits per heavy atom. The van der Waals surface area contributed by atoms with Gasteiger partial charge in [0, 0.05) is 25.6 Å². The first-order valence-corrected chi connectivity index (χ1v) is 4.94. The van der Waals surface area contributed by atoms with Gasteiger partial charge in [-0.05, 0) is 12.3 Å². The van der Waals surface area contributed by atoms with Crippen LogP contribution in [0.5, 0.6) is 0 Å². The molecule has 0 fully saturated rings. The topological polar surface area (TPSA) is 63.9 Å². The number of methoxy groups -OCH3 is 1. The first kappa shape index (κ1) is 11.2. The highest BCUT2D eigenvalue weighted by atomic mass is 16.5. The normalized spacial score (nSPS) is 13.5. The summed E-state index contributed by atoms with van der Waals surface area (Å²) in [6.45, 7) is 4.91. The average molecular weight is 197 g/mol. The Labute approximate surface area is 84.9 Å². The van der Waals surface area contributed by atoms with Gasteiger partial charge in [0.1, 0.15) is 5.82 Å². The smallest absolute Gasteiger partial charge is 0.123 e. The molecule has 0 aliphatic rings. The second kappa shape index (κ2) is 5.12. The maximum absolute atomic E-state index is 5.92. The molecule has 80 valence electrons. The van der Waals surface area contributed by atoms with Crippen molar-refractivity contribution in [1.82, 2.24) is 9.97 Å². The van der Waals surface area contributed by atoms with Crippen molar-refractivity contribution in [2.75, 3.05) is 13.7 Å². The van der Waals surface area contributed by atoms with Crippen LogP contribution in [0.4, 0.5) is 0 Å². The molecule has 14 heavy (non-hydrogen) atoms. The van der Waals surface area contributed by atoms with E-state index in [1.54, 1.807) is 7.11 Å². The van der Waals surface area contributed by atoms with Crippen molar-refractivity contribution in [2.24, 2.45) is 5.73 Å². The van der Waals surface area contributed by atoms with Crippen molar-refractivity contribution in [2.45, 2.75) is 32.2 Å². The van der Waals surface area contributed by atoms with E-state index in [-0.39, 0.29) is 6.04 Å². The lowest BCUT2D eigenvalue weighted by atomic mass is 10.1. The van der Waals surface area contributed by atoms with Crippen LogP contribution in [0.15, 0.2) is 6.20 Å². The van der Waals surface area contributed by atoms with E-state index in [1.165, 1.54) is 0 Å². The molecule has 4 nitrogen and oxygen atoms in total. The first-order chi connectivity index (χ1) is 6.65. The second-order valence-corrected chi connectivity index (χ2v) is 3.77. The molecular formula is C10H19N3O. The molecule has 1 atom stereocenters. The lowest BCUT2D eigenvalue weighted by Gasteiger charge is -2.07. The molecule has 0 aromatic carbocycles. The summed E-state index contributed by atoms with van der Waals surface area (Å²) in [6.07, 6.45) is 2.65. The van der Waals surface area contributed by atoms with Crippen LogP contribution < -0.4 is 5.73 Å². The number of hydrogen-bond donors (Lipinski definition) is 2. The Hall–Kier alpha value is -0.870. The van der Waals surface area contributed by atoms with Gasteiger partial charge in [-0.1, -0.05) is 13.8 Å². The highest BCUT2D eigenvalue weighted by Crippen LogP contribution is 2.15. The fourth-order valence-corrected chi connectivity index (χ4v) is 1.21. The van der Waals surface area contributed by atoms with Crippen LogP contribution in [-0.4, -0.2) is 23.7 Å². The SMILES string of the molecule is COCCC(N)c1ncc(C(C)C)[nH]1. The highest BCUT2D eigenvalue weighted by molar-refractivity contribution is 5.07. The summed E-state index contributed by atoms with van der Waals surface area (Å²) in [6, 6.07) is -0.0533. The zero-order chi connectivity index (χ0) is 10.6. The lowest BCUT2D eigenvalue weighted by Crippen LogP contribution is -2.14. The molecule has 0 aliphatic carbocycles. The molecule has 1 aromatic heterocycles. The monoisotopic (exact) mass is 197 g/mol. The summed E-state index contributed by atoms with van der Waals surface area (Å²) < 4.78 is 4.97. The Bertz CT molecular complexity index is 270. The third-order valence-corrected chi connectivity index (χ3v) is 2.22. The number of nitrogens with two attached hydrogens (primary N) is 1. The number of hydrogen-bond acceptors (Lipinski definition) is 3. The molecule has 3 N–H and O–H groups in total. The van der Waals surface area contributed by atoms with Gasteiger partial charge < -0.3 is 15.5 Å². The third kappa shape index (κ3) is 2.82. The van der Waals surface area contributed by atoms with Crippen LogP contribution in [0.3, 0.4) is 0 Å². The van der Waals surface area contributed by atoms with E-state index in [2.05, 4.69) is 23.8 Å². The Balaban J connectivity index is 2.57. The number of rotatable bonds is 5. The fourth-order valence-electron chi connectivity index (χ4n) is 1.21. The molecule has 0 amide bonds. The maximum Gasteiger partial charge on any atom is 0.123 e. The fraction of sp³-hybridized carbons (Fsp3) is 0.700. The quantitative estimate of drug-likeness (QED) is 0.753. The number of H-pyrrole nitrogens is 1. The third-order valence-electron chi connectivity index (χ3n) is 2.22. The summed E-state index contributed by atoms with van der Waals surface area (Å²) in [4.78, 5) is 7.48. The van der Waals surface area contributed by atoms with E-state index in [4.69, 9.17) is 10.5 Å². The van der Waals surface area contributed by atoms with E-state index < -0.39 is 0 Å². The molecule has 1 aromatic rings. The van der Waals surface area contributed by atoms with Crippen molar-refractivity contribution in [3.05, 3.63) is 17.7 Å². The molecule has 0 saturated heterocycles. The molecule has 0 radical (unpaired) electrons. The number of aromatic nitrogens is 2. The van der Waals surface area contributed by atoms with E-state index in [0.717, 1.165) is 17.9 Å².